The molecule has 116 valence electrons. The second-order valence-corrected chi connectivity index (χ2v) is 9.27. The Bertz CT molecular complexity index is 762. The van der Waals surface area contributed by atoms with Crippen LogP contribution < -0.4 is 15.9 Å². The minimum Gasteiger partial charge on any atom is -0.207 e. The van der Waals surface area contributed by atoms with Gasteiger partial charge in [0.2, 0.25) is 0 Å². The van der Waals surface area contributed by atoms with Crippen molar-refractivity contribution >= 4 is 23.2 Å². The van der Waals surface area contributed by atoms with Gasteiger partial charge in [-0.3, -0.25) is 0 Å². The van der Waals surface area contributed by atoms with Crippen molar-refractivity contribution in [2.24, 2.45) is 0 Å². The Kier molecular flexibility index (Phi) is 4.28. The first-order valence-corrected chi connectivity index (χ1v) is 9.70. The lowest BCUT2D eigenvalue weighted by Crippen LogP contribution is -2.31. The van der Waals surface area contributed by atoms with Gasteiger partial charge in [-0.1, -0.05) is 18.2 Å². The van der Waals surface area contributed by atoms with Gasteiger partial charge in [-0.05, 0) is 67.1 Å². The predicted molar refractivity (Wildman–Crippen MR) is 95.7 cm³/mol. The van der Waals surface area contributed by atoms with E-state index >= 15 is 0 Å². The van der Waals surface area contributed by atoms with Gasteiger partial charge < -0.3 is 0 Å². The van der Waals surface area contributed by atoms with E-state index in [9.17, 15) is 8.78 Å². The van der Waals surface area contributed by atoms with Crippen molar-refractivity contribution in [1.29, 1.82) is 0 Å². The average molecular weight is 327 g/mol. The van der Waals surface area contributed by atoms with Crippen LogP contribution >= 0.6 is 7.26 Å². The SMILES string of the molecule is Cc1ccccc1[P+](C)(c1ccc(F)cc1)c1ccc(F)cc1. The molecule has 0 amide bonds. The molecule has 0 aliphatic carbocycles. The molecule has 0 radical (unpaired) electrons. The van der Waals surface area contributed by atoms with Crippen molar-refractivity contribution in [2.75, 3.05) is 6.66 Å². The summed E-state index contributed by atoms with van der Waals surface area (Å²) in [4.78, 5) is 0. The zero-order valence-corrected chi connectivity index (χ0v) is 14.0. The Morgan fingerprint density at radius 3 is 1.52 bits per heavy atom. The van der Waals surface area contributed by atoms with Crippen LogP contribution in [0.15, 0.2) is 72.8 Å². The lowest BCUT2D eigenvalue weighted by molar-refractivity contribution is 0.628. The lowest BCUT2D eigenvalue weighted by Gasteiger charge is -2.24. The van der Waals surface area contributed by atoms with E-state index in [1.54, 1.807) is 0 Å². The molecule has 0 saturated heterocycles. The molecule has 0 bridgehead atoms. The Hall–Kier alpha value is -2.05. The van der Waals surface area contributed by atoms with E-state index < -0.39 is 7.26 Å². The summed E-state index contributed by atoms with van der Waals surface area (Å²) >= 11 is 0. The summed E-state index contributed by atoms with van der Waals surface area (Å²) in [5, 5.41) is 3.40. The molecule has 3 aromatic carbocycles. The summed E-state index contributed by atoms with van der Waals surface area (Å²) in [5.74, 6) is -0.492. The number of halogens is 2. The van der Waals surface area contributed by atoms with Crippen LogP contribution in [0.3, 0.4) is 0 Å². The normalized spacial score (nSPS) is 11.5. The molecule has 3 rings (SSSR count). The van der Waals surface area contributed by atoms with Gasteiger partial charge in [-0.15, -0.1) is 0 Å². The van der Waals surface area contributed by atoms with Crippen molar-refractivity contribution in [3.05, 3.63) is 90.0 Å². The maximum Gasteiger partial charge on any atom is 0.123 e. The Labute approximate surface area is 136 Å². The zero-order valence-electron chi connectivity index (χ0n) is 13.1. The van der Waals surface area contributed by atoms with Crippen LogP contribution in [-0.4, -0.2) is 6.66 Å². The average Bonchev–Trinajstić information content (AvgIpc) is 2.56. The summed E-state index contributed by atoms with van der Waals surface area (Å²) in [5.41, 5.74) is 1.19. The molecule has 0 fully saturated rings. The minimum absolute atomic E-state index is 0.246. The fourth-order valence-electron chi connectivity index (χ4n) is 2.97. The molecule has 3 aromatic rings. The van der Waals surface area contributed by atoms with E-state index in [1.807, 2.05) is 36.4 Å². The Morgan fingerprint density at radius 1 is 0.652 bits per heavy atom. The molecule has 0 atom stereocenters. The standard InChI is InChI=1S/C20H18F2P/c1-15-5-3-4-6-20(15)23(2,18-11-7-16(21)8-12-18)19-13-9-17(22)10-14-19/h3-14H,1-2H3/q+1. The molecule has 0 heterocycles. The van der Waals surface area contributed by atoms with E-state index in [1.165, 1.54) is 35.1 Å². The predicted octanol–water partition coefficient (Wildman–Crippen LogP) is 4.20. The van der Waals surface area contributed by atoms with Crippen LogP contribution in [0.4, 0.5) is 8.78 Å². The first kappa shape index (κ1) is 15.8. The van der Waals surface area contributed by atoms with Crippen molar-refractivity contribution in [1.82, 2.24) is 0 Å². The molecular formula is C20H18F2P+. The first-order valence-electron chi connectivity index (χ1n) is 7.47. The number of benzene rings is 3. The number of hydrogen-bond acceptors (Lipinski definition) is 0. The molecule has 0 saturated carbocycles. The lowest BCUT2D eigenvalue weighted by atomic mass is 10.2. The molecule has 3 heteroatoms. The highest BCUT2D eigenvalue weighted by molar-refractivity contribution is 7.95. The summed E-state index contributed by atoms with van der Waals surface area (Å²) in [6.45, 7) is 4.29. The second kappa shape index (κ2) is 6.22. The molecule has 0 spiro atoms. The Morgan fingerprint density at radius 2 is 1.09 bits per heavy atom. The van der Waals surface area contributed by atoms with E-state index in [0.29, 0.717) is 0 Å². The van der Waals surface area contributed by atoms with Gasteiger partial charge in [0.05, 0.1) is 6.66 Å². The van der Waals surface area contributed by atoms with Crippen LogP contribution in [0, 0.1) is 18.6 Å². The van der Waals surface area contributed by atoms with Gasteiger partial charge in [-0.25, -0.2) is 8.78 Å². The van der Waals surface area contributed by atoms with E-state index in [2.05, 4.69) is 25.7 Å². The third-order valence-corrected chi connectivity index (χ3v) is 8.41. The second-order valence-electron chi connectivity index (χ2n) is 5.75. The maximum absolute atomic E-state index is 13.4. The fraction of sp³-hybridized carbons (Fsp3) is 0.100. The van der Waals surface area contributed by atoms with Crippen LogP contribution in [-0.2, 0) is 0 Å². The van der Waals surface area contributed by atoms with E-state index in [0.717, 1.165) is 10.6 Å². The molecule has 0 nitrogen and oxygen atoms in total. The quantitative estimate of drug-likeness (QED) is 0.633. The van der Waals surface area contributed by atoms with Crippen LogP contribution in [0.5, 0.6) is 0 Å². The smallest absolute Gasteiger partial charge is 0.123 e. The largest absolute Gasteiger partial charge is 0.207 e. The molecule has 0 unspecified atom stereocenters. The number of rotatable bonds is 3. The third-order valence-electron chi connectivity index (χ3n) is 4.28. The van der Waals surface area contributed by atoms with E-state index in [4.69, 9.17) is 0 Å². The van der Waals surface area contributed by atoms with Crippen molar-refractivity contribution in [2.45, 2.75) is 6.92 Å². The van der Waals surface area contributed by atoms with Crippen LogP contribution in [0.1, 0.15) is 5.56 Å². The Balaban J connectivity index is 2.27. The van der Waals surface area contributed by atoms with Gasteiger partial charge in [0, 0.05) is 0 Å². The van der Waals surface area contributed by atoms with Crippen molar-refractivity contribution in [3.63, 3.8) is 0 Å². The summed E-state index contributed by atoms with van der Waals surface area (Å²) in [7, 11) is -1.94. The van der Waals surface area contributed by atoms with Gasteiger partial charge in [0.15, 0.2) is 0 Å². The van der Waals surface area contributed by atoms with Crippen LogP contribution in [0.2, 0.25) is 0 Å². The monoisotopic (exact) mass is 327 g/mol. The van der Waals surface area contributed by atoms with E-state index in [-0.39, 0.29) is 11.6 Å². The molecule has 0 aliphatic heterocycles. The highest BCUT2D eigenvalue weighted by Gasteiger charge is 2.41. The highest BCUT2D eigenvalue weighted by atomic mass is 31.2. The summed E-state index contributed by atoms with van der Waals surface area (Å²) in [6, 6.07) is 21.6. The highest BCUT2D eigenvalue weighted by Crippen LogP contribution is 2.52. The fourth-order valence-corrected chi connectivity index (χ4v) is 6.48. The first-order chi connectivity index (χ1) is 11.0. The van der Waals surface area contributed by atoms with Gasteiger partial charge >= 0.3 is 0 Å². The van der Waals surface area contributed by atoms with Gasteiger partial charge in [0.1, 0.15) is 34.8 Å². The van der Waals surface area contributed by atoms with Gasteiger partial charge in [-0.2, -0.15) is 0 Å². The molecule has 0 aromatic heterocycles. The summed E-state index contributed by atoms with van der Waals surface area (Å²) in [6.07, 6.45) is 0. The topological polar surface area (TPSA) is 0 Å². The molecule has 0 aliphatic rings. The third kappa shape index (κ3) is 2.92. The van der Waals surface area contributed by atoms with Crippen LogP contribution in [0.25, 0.3) is 0 Å². The maximum atomic E-state index is 13.4. The zero-order chi connectivity index (χ0) is 16.4. The molecule has 23 heavy (non-hydrogen) atoms. The minimum atomic E-state index is -1.94. The summed E-state index contributed by atoms with van der Waals surface area (Å²) < 4.78 is 26.7. The van der Waals surface area contributed by atoms with Crippen molar-refractivity contribution in [3.8, 4) is 0 Å². The molecule has 0 N–H and O–H groups in total. The number of aryl methyl sites for hydroxylation is 1. The van der Waals surface area contributed by atoms with Crippen molar-refractivity contribution < 1.29 is 8.78 Å². The van der Waals surface area contributed by atoms with Gasteiger partial charge in [0.25, 0.3) is 0 Å². The number of hydrogen-bond donors (Lipinski definition) is 0. The molecular weight excluding hydrogens is 309 g/mol.